The average molecular weight is 496 g/mol. The first kappa shape index (κ1) is 24.5. The van der Waals surface area contributed by atoms with Gasteiger partial charge >= 0.3 is 0 Å². The Labute approximate surface area is 206 Å². The van der Waals surface area contributed by atoms with Gasteiger partial charge in [0.2, 0.25) is 10.0 Å². The summed E-state index contributed by atoms with van der Waals surface area (Å²) in [5, 5.41) is -0.0449. The van der Waals surface area contributed by atoms with Crippen LogP contribution in [0.1, 0.15) is 36.4 Å². The monoisotopic (exact) mass is 495 g/mol. The third kappa shape index (κ3) is 5.71. The van der Waals surface area contributed by atoms with Crippen LogP contribution in [0.4, 0.5) is 0 Å². The number of methoxy groups -OCH3 is 1. The lowest BCUT2D eigenvalue weighted by Gasteiger charge is -2.36. The molecule has 3 aromatic carbocycles. The highest BCUT2D eigenvalue weighted by Gasteiger charge is 2.41. The lowest BCUT2D eigenvalue weighted by molar-refractivity contribution is -0.125. The summed E-state index contributed by atoms with van der Waals surface area (Å²) >= 11 is 1.65. The number of nitrogens with one attached hydrogen (secondary N) is 1. The summed E-state index contributed by atoms with van der Waals surface area (Å²) in [7, 11) is -2.26. The Kier molecular flexibility index (Phi) is 7.76. The van der Waals surface area contributed by atoms with Crippen LogP contribution >= 0.6 is 11.8 Å². The third-order valence-corrected chi connectivity index (χ3v) is 9.00. The van der Waals surface area contributed by atoms with Gasteiger partial charge in [-0.2, -0.15) is 0 Å². The molecule has 4 rings (SSSR count). The normalized spacial score (nSPS) is 19.5. The van der Waals surface area contributed by atoms with Gasteiger partial charge in [-0.1, -0.05) is 48.0 Å². The molecule has 3 aromatic rings. The second-order valence-corrected chi connectivity index (χ2v) is 11.6. The highest BCUT2D eigenvalue weighted by Crippen LogP contribution is 2.42. The molecule has 1 aliphatic carbocycles. The molecule has 0 spiro atoms. The number of aryl methyl sites for hydroxylation is 1. The van der Waals surface area contributed by atoms with Gasteiger partial charge < -0.3 is 4.74 Å². The van der Waals surface area contributed by atoms with Gasteiger partial charge in [-0.05, 0) is 61.7 Å². The van der Waals surface area contributed by atoms with Crippen molar-refractivity contribution in [3.8, 4) is 5.75 Å². The van der Waals surface area contributed by atoms with Crippen molar-refractivity contribution in [3.63, 3.8) is 0 Å². The van der Waals surface area contributed by atoms with Crippen LogP contribution in [-0.4, -0.2) is 26.6 Å². The number of Topliss-reactive ketones (excluding diaryl/α,β-unsaturated/α-hetero) is 1. The zero-order chi connectivity index (χ0) is 24.1. The maximum atomic E-state index is 13.4. The van der Waals surface area contributed by atoms with E-state index in [2.05, 4.69) is 4.72 Å². The van der Waals surface area contributed by atoms with Gasteiger partial charge in [0, 0.05) is 16.6 Å². The molecule has 0 saturated heterocycles. The first-order chi connectivity index (χ1) is 16.4. The van der Waals surface area contributed by atoms with Gasteiger partial charge in [0.1, 0.15) is 11.5 Å². The predicted octanol–water partition coefficient (Wildman–Crippen LogP) is 5.55. The first-order valence-electron chi connectivity index (χ1n) is 11.3. The number of ketones is 1. The Hall–Kier alpha value is -2.61. The maximum Gasteiger partial charge on any atom is 0.241 e. The molecule has 1 fully saturated rings. The minimum Gasteiger partial charge on any atom is -0.497 e. The highest BCUT2D eigenvalue weighted by atomic mass is 32.2. The molecular weight excluding hydrogens is 466 g/mol. The Morgan fingerprint density at radius 3 is 2.29 bits per heavy atom. The number of ether oxygens (including phenoxy) is 1. The summed E-state index contributed by atoms with van der Waals surface area (Å²) in [6.07, 6.45) is 2.10. The Morgan fingerprint density at radius 1 is 0.971 bits per heavy atom. The van der Waals surface area contributed by atoms with Crippen LogP contribution in [-0.2, 0) is 14.8 Å². The minimum absolute atomic E-state index is 0.0449. The van der Waals surface area contributed by atoms with E-state index < -0.39 is 22.0 Å². The van der Waals surface area contributed by atoms with E-state index in [4.69, 9.17) is 4.74 Å². The number of carbonyl (C=O) groups is 1. The molecule has 0 bridgehead atoms. The molecule has 0 aromatic heterocycles. The molecule has 5 nitrogen and oxygen atoms in total. The molecule has 0 radical (unpaired) electrons. The molecular formula is C27H29NO4S2. The maximum absolute atomic E-state index is 13.4. The van der Waals surface area contributed by atoms with Crippen molar-refractivity contribution in [2.24, 2.45) is 5.92 Å². The summed E-state index contributed by atoms with van der Waals surface area (Å²) in [5.74, 6) is 0.272. The minimum atomic E-state index is -3.85. The lowest BCUT2D eigenvalue weighted by Crippen LogP contribution is -2.43. The van der Waals surface area contributed by atoms with Crippen molar-refractivity contribution in [1.29, 1.82) is 0 Å². The second kappa shape index (κ2) is 10.8. The quantitative estimate of drug-likeness (QED) is 0.443. The molecule has 34 heavy (non-hydrogen) atoms. The van der Waals surface area contributed by atoms with Gasteiger partial charge in [0.25, 0.3) is 0 Å². The van der Waals surface area contributed by atoms with Crippen molar-refractivity contribution < 1.29 is 17.9 Å². The summed E-state index contributed by atoms with van der Waals surface area (Å²) in [6.45, 7) is 1.91. The van der Waals surface area contributed by atoms with Crippen molar-refractivity contribution in [1.82, 2.24) is 4.72 Å². The van der Waals surface area contributed by atoms with Crippen LogP contribution in [0.2, 0.25) is 0 Å². The molecule has 1 N–H and O–H groups in total. The fourth-order valence-electron chi connectivity index (χ4n) is 4.35. The fraction of sp³-hybridized carbons (Fsp3) is 0.296. The van der Waals surface area contributed by atoms with E-state index in [0.717, 1.165) is 28.9 Å². The summed E-state index contributed by atoms with van der Waals surface area (Å²) in [4.78, 5) is 14.6. The van der Waals surface area contributed by atoms with Gasteiger partial charge in [0.05, 0.1) is 24.0 Å². The van der Waals surface area contributed by atoms with Crippen LogP contribution in [0.5, 0.6) is 5.75 Å². The average Bonchev–Trinajstić information content (AvgIpc) is 2.84. The Bertz CT molecular complexity index is 1210. The van der Waals surface area contributed by atoms with Crippen molar-refractivity contribution in [3.05, 3.63) is 90.0 Å². The molecule has 178 valence electrons. The largest absolute Gasteiger partial charge is 0.497 e. The van der Waals surface area contributed by atoms with E-state index in [1.54, 1.807) is 55.3 Å². The summed E-state index contributed by atoms with van der Waals surface area (Å²) < 4.78 is 35.0. The Balaban J connectivity index is 1.73. The number of hydrogen-bond donors (Lipinski definition) is 1. The van der Waals surface area contributed by atoms with Crippen LogP contribution in [0.15, 0.2) is 88.7 Å². The van der Waals surface area contributed by atoms with Crippen LogP contribution < -0.4 is 9.46 Å². The number of carbonyl (C=O) groups excluding carboxylic acids is 1. The van der Waals surface area contributed by atoms with E-state index in [-0.39, 0.29) is 15.9 Å². The van der Waals surface area contributed by atoms with E-state index in [1.165, 1.54) is 0 Å². The summed E-state index contributed by atoms with van der Waals surface area (Å²) in [6, 6.07) is 23.3. The van der Waals surface area contributed by atoms with Crippen molar-refractivity contribution >= 4 is 27.6 Å². The zero-order valence-corrected chi connectivity index (χ0v) is 20.9. The molecule has 0 heterocycles. The standard InChI is InChI=1S/C27H29NO4S2/c1-19-11-17-23(18-12-19)34(30,31)28-27(20-13-15-21(32-2)16-14-20)26-24(29)9-6-10-25(26)33-22-7-4-3-5-8-22/h3-5,7-8,11-18,25-28H,6,9-10H2,1-2H3/t25-,26-,27+/m1/s1. The number of hydrogen-bond acceptors (Lipinski definition) is 5. The third-order valence-electron chi connectivity index (χ3n) is 6.16. The predicted molar refractivity (Wildman–Crippen MR) is 136 cm³/mol. The number of rotatable bonds is 8. The highest BCUT2D eigenvalue weighted by molar-refractivity contribution is 8.00. The molecule has 0 amide bonds. The van der Waals surface area contributed by atoms with Crippen molar-refractivity contribution in [2.75, 3.05) is 7.11 Å². The number of benzene rings is 3. The van der Waals surface area contributed by atoms with E-state index in [1.807, 2.05) is 49.4 Å². The molecule has 3 atom stereocenters. The van der Waals surface area contributed by atoms with Gasteiger partial charge in [-0.3, -0.25) is 4.79 Å². The molecule has 1 saturated carbocycles. The molecule has 0 unspecified atom stereocenters. The van der Waals surface area contributed by atoms with E-state index >= 15 is 0 Å². The number of thioether (sulfide) groups is 1. The van der Waals surface area contributed by atoms with Crippen LogP contribution in [0.25, 0.3) is 0 Å². The second-order valence-electron chi connectivity index (χ2n) is 8.54. The molecule has 0 aliphatic heterocycles. The Morgan fingerprint density at radius 2 is 1.65 bits per heavy atom. The van der Waals surface area contributed by atoms with Gasteiger partial charge in [-0.25, -0.2) is 13.1 Å². The number of sulfonamides is 1. The van der Waals surface area contributed by atoms with E-state index in [0.29, 0.717) is 12.2 Å². The first-order valence-corrected chi connectivity index (χ1v) is 13.7. The molecule has 7 heteroatoms. The van der Waals surface area contributed by atoms with Gasteiger partial charge in [-0.15, -0.1) is 11.8 Å². The lowest BCUT2D eigenvalue weighted by atomic mass is 9.80. The van der Waals surface area contributed by atoms with Crippen LogP contribution in [0, 0.1) is 12.8 Å². The topological polar surface area (TPSA) is 72.5 Å². The van der Waals surface area contributed by atoms with Crippen molar-refractivity contribution in [2.45, 2.75) is 47.3 Å². The van der Waals surface area contributed by atoms with Gasteiger partial charge in [0.15, 0.2) is 0 Å². The SMILES string of the molecule is COc1ccc([C@H](NS(=O)(=O)c2ccc(C)cc2)[C@@H]2C(=O)CCC[C@H]2Sc2ccccc2)cc1. The fourth-order valence-corrected chi connectivity index (χ4v) is 7.00. The molecule has 1 aliphatic rings. The summed E-state index contributed by atoms with van der Waals surface area (Å²) in [5.41, 5.74) is 1.72. The van der Waals surface area contributed by atoms with Crippen LogP contribution in [0.3, 0.4) is 0 Å². The van der Waals surface area contributed by atoms with E-state index in [9.17, 15) is 13.2 Å². The zero-order valence-electron chi connectivity index (χ0n) is 19.3. The smallest absolute Gasteiger partial charge is 0.241 e.